The molecule has 0 atom stereocenters. The zero-order chi connectivity index (χ0) is 12.6. The summed E-state index contributed by atoms with van der Waals surface area (Å²) in [5, 5.41) is 0.615. The number of thiazole rings is 1. The highest BCUT2D eigenvalue weighted by atomic mass is 35.5. The van der Waals surface area contributed by atoms with Crippen LogP contribution in [0.1, 0.15) is 9.67 Å². The Balaban J connectivity index is 2.64. The van der Waals surface area contributed by atoms with Crippen molar-refractivity contribution in [1.82, 2.24) is 4.57 Å². The van der Waals surface area contributed by atoms with Crippen LogP contribution in [0.25, 0.3) is 5.69 Å². The molecule has 0 radical (unpaired) electrons. The second-order valence-electron chi connectivity index (χ2n) is 3.26. The standard InChI is InChI=1S/C10H8ClN3OS2/c11-5-1-3-6(4-2-5)14-8(12)7(9(13)15)17-10(14)16/h1-4H,12H2,(H2,13,15). The van der Waals surface area contributed by atoms with Crippen molar-refractivity contribution in [2.24, 2.45) is 5.73 Å². The maximum absolute atomic E-state index is 11.1. The normalized spacial score (nSPS) is 10.4. The second kappa shape index (κ2) is 4.48. The molecule has 1 heterocycles. The Labute approximate surface area is 111 Å². The van der Waals surface area contributed by atoms with Crippen molar-refractivity contribution in [3.63, 3.8) is 0 Å². The molecule has 2 aromatic rings. The topological polar surface area (TPSA) is 74.0 Å². The molecular formula is C10H8ClN3OS2. The quantitative estimate of drug-likeness (QED) is 0.833. The smallest absolute Gasteiger partial charge is 0.262 e. The van der Waals surface area contributed by atoms with Crippen molar-refractivity contribution in [2.45, 2.75) is 0 Å². The summed E-state index contributed by atoms with van der Waals surface area (Å²) >= 11 is 12.0. The number of anilines is 1. The van der Waals surface area contributed by atoms with Gasteiger partial charge in [-0.15, -0.1) is 0 Å². The van der Waals surface area contributed by atoms with Gasteiger partial charge in [-0.1, -0.05) is 22.9 Å². The van der Waals surface area contributed by atoms with Crippen LogP contribution in [-0.4, -0.2) is 10.5 Å². The summed E-state index contributed by atoms with van der Waals surface area (Å²) in [7, 11) is 0. The summed E-state index contributed by atoms with van der Waals surface area (Å²) in [6.45, 7) is 0. The number of amides is 1. The molecule has 0 aliphatic carbocycles. The molecule has 17 heavy (non-hydrogen) atoms. The number of nitrogens with two attached hydrogens (primary N) is 2. The Hall–Kier alpha value is -1.37. The van der Waals surface area contributed by atoms with E-state index in [9.17, 15) is 4.79 Å². The summed E-state index contributed by atoms with van der Waals surface area (Å²) in [5.74, 6) is -0.318. The highest BCUT2D eigenvalue weighted by molar-refractivity contribution is 7.73. The van der Waals surface area contributed by atoms with E-state index in [0.717, 1.165) is 17.0 Å². The van der Waals surface area contributed by atoms with Crippen molar-refractivity contribution >= 4 is 46.9 Å². The van der Waals surface area contributed by atoms with E-state index in [1.165, 1.54) is 0 Å². The number of hydrogen-bond donors (Lipinski definition) is 2. The molecule has 2 rings (SSSR count). The van der Waals surface area contributed by atoms with Crippen LogP contribution >= 0.6 is 35.2 Å². The van der Waals surface area contributed by atoms with Gasteiger partial charge in [0, 0.05) is 10.7 Å². The summed E-state index contributed by atoms with van der Waals surface area (Å²) in [6.07, 6.45) is 0. The minimum atomic E-state index is -0.577. The van der Waals surface area contributed by atoms with Crippen LogP contribution in [0.15, 0.2) is 24.3 Å². The van der Waals surface area contributed by atoms with Crippen LogP contribution < -0.4 is 11.5 Å². The highest BCUT2D eigenvalue weighted by Gasteiger charge is 2.15. The van der Waals surface area contributed by atoms with Gasteiger partial charge in [-0.2, -0.15) is 0 Å². The van der Waals surface area contributed by atoms with Crippen LogP contribution in [0.4, 0.5) is 5.82 Å². The lowest BCUT2D eigenvalue weighted by Gasteiger charge is -2.05. The zero-order valence-electron chi connectivity index (χ0n) is 8.51. The monoisotopic (exact) mass is 285 g/mol. The average Bonchev–Trinajstić information content (AvgIpc) is 2.56. The number of primary amides is 1. The Morgan fingerprint density at radius 1 is 1.35 bits per heavy atom. The average molecular weight is 286 g/mol. The number of nitrogens with zero attached hydrogens (tertiary/aromatic N) is 1. The molecule has 0 aliphatic rings. The van der Waals surface area contributed by atoms with Crippen LogP contribution in [-0.2, 0) is 0 Å². The fourth-order valence-corrected chi connectivity index (χ4v) is 2.74. The number of hydrogen-bond acceptors (Lipinski definition) is 4. The molecule has 0 spiro atoms. The number of aromatic nitrogens is 1. The minimum absolute atomic E-state index is 0.259. The Bertz CT molecular complexity index is 630. The van der Waals surface area contributed by atoms with E-state index in [4.69, 9.17) is 35.3 Å². The van der Waals surface area contributed by atoms with E-state index in [0.29, 0.717) is 8.98 Å². The first kappa shape index (κ1) is 12.1. The first-order valence-electron chi connectivity index (χ1n) is 4.58. The van der Waals surface area contributed by atoms with E-state index in [-0.39, 0.29) is 10.7 Å². The fraction of sp³-hybridized carbons (Fsp3) is 0. The minimum Gasteiger partial charge on any atom is -0.383 e. The van der Waals surface area contributed by atoms with Gasteiger partial charge in [0.1, 0.15) is 10.7 Å². The number of rotatable bonds is 2. The maximum Gasteiger partial charge on any atom is 0.262 e. The molecule has 0 aliphatic heterocycles. The predicted molar refractivity (Wildman–Crippen MR) is 72.4 cm³/mol. The third kappa shape index (κ3) is 2.19. The molecule has 1 aromatic heterocycles. The van der Waals surface area contributed by atoms with E-state index in [1.54, 1.807) is 28.8 Å². The maximum atomic E-state index is 11.1. The van der Waals surface area contributed by atoms with Gasteiger partial charge in [-0.25, -0.2) is 0 Å². The lowest BCUT2D eigenvalue weighted by molar-refractivity contribution is 0.100. The summed E-state index contributed by atoms with van der Waals surface area (Å²) < 4.78 is 2.06. The van der Waals surface area contributed by atoms with Crippen molar-refractivity contribution in [3.8, 4) is 5.69 Å². The molecule has 88 valence electrons. The number of carbonyl (C=O) groups excluding carboxylic acids is 1. The molecule has 4 N–H and O–H groups in total. The van der Waals surface area contributed by atoms with Gasteiger partial charge >= 0.3 is 0 Å². The molecule has 1 amide bonds. The van der Waals surface area contributed by atoms with Crippen molar-refractivity contribution in [1.29, 1.82) is 0 Å². The van der Waals surface area contributed by atoms with Gasteiger partial charge in [0.05, 0.1) is 0 Å². The van der Waals surface area contributed by atoms with Crippen LogP contribution in [0, 0.1) is 3.95 Å². The molecular weight excluding hydrogens is 278 g/mol. The number of carbonyl (C=O) groups is 1. The van der Waals surface area contributed by atoms with E-state index >= 15 is 0 Å². The second-order valence-corrected chi connectivity index (χ2v) is 5.34. The van der Waals surface area contributed by atoms with E-state index in [1.807, 2.05) is 0 Å². The van der Waals surface area contributed by atoms with Crippen LogP contribution in [0.3, 0.4) is 0 Å². The molecule has 0 saturated heterocycles. The largest absolute Gasteiger partial charge is 0.383 e. The third-order valence-corrected chi connectivity index (χ3v) is 3.81. The molecule has 0 unspecified atom stereocenters. The van der Waals surface area contributed by atoms with E-state index < -0.39 is 5.91 Å². The molecule has 7 heteroatoms. The zero-order valence-corrected chi connectivity index (χ0v) is 10.9. The van der Waals surface area contributed by atoms with Gasteiger partial charge < -0.3 is 11.5 Å². The summed E-state index contributed by atoms with van der Waals surface area (Å²) in [5.41, 5.74) is 11.8. The summed E-state index contributed by atoms with van der Waals surface area (Å²) in [4.78, 5) is 11.4. The number of nitrogen functional groups attached to an aromatic ring is 1. The van der Waals surface area contributed by atoms with E-state index in [2.05, 4.69) is 0 Å². The SMILES string of the molecule is NC(=O)c1sc(=S)n(-c2ccc(Cl)cc2)c1N. The van der Waals surface area contributed by atoms with Crippen molar-refractivity contribution < 1.29 is 4.79 Å². The molecule has 1 aromatic carbocycles. The predicted octanol–water partition coefficient (Wildman–Crippen LogP) is 2.60. The van der Waals surface area contributed by atoms with Gasteiger partial charge in [0.25, 0.3) is 5.91 Å². The van der Waals surface area contributed by atoms with Gasteiger partial charge in [-0.3, -0.25) is 9.36 Å². The molecule has 0 fully saturated rings. The van der Waals surface area contributed by atoms with Gasteiger partial charge in [-0.05, 0) is 36.5 Å². The Morgan fingerprint density at radius 2 is 1.94 bits per heavy atom. The number of benzene rings is 1. The van der Waals surface area contributed by atoms with Gasteiger partial charge in [0.15, 0.2) is 3.95 Å². The lowest BCUT2D eigenvalue weighted by atomic mass is 10.3. The van der Waals surface area contributed by atoms with Gasteiger partial charge in [0.2, 0.25) is 0 Å². The lowest BCUT2D eigenvalue weighted by Crippen LogP contribution is -2.12. The highest BCUT2D eigenvalue weighted by Crippen LogP contribution is 2.26. The fourth-order valence-electron chi connectivity index (χ4n) is 1.40. The number of halogens is 1. The molecule has 0 bridgehead atoms. The van der Waals surface area contributed by atoms with Crippen LogP contribution in [0.2, 0.25) is 5.02 Å². The van der Waals surface area contributed by atoms with Crippen LogP contribution in [0.5, 0.6) is 0 Å². The Kier molecular flexibility index (Phi) is 3.19. The van der Waals surface area contributed by atoms with Crippen molar-refractivity contribution in [3.05, 3.63) is 38.1 Å². The molecule has 0 saturated carbocycles. The van der Waals surface area contributed by atoms with Crippen molar-refractivity contribution in [2.75, 3.05) is 5.73 Å². The summed E-state index contributed by atoms with van der Waals surface area (Å²) in [6, 6.07) is 6.98. The third-order valence-electron chi connectivity index (χ3n) is 2.15. The first-order chi connectivity index (χ1) is 8.00. The molecule has 4 nitrogen and oxygen atoms in total. The first-order valence-corrected chi connectivity index (χ1v) is 6.18. The Morgan fingerprint density at radius 3 is 2.41 bits per heavy atom.